The van der Waals surface area contributed by atoms with Crippen LogP contribution in [0.25, 0.3) is 10.9 Å². The summed E-state index contributed by atoms with van der Waals surface area (Å²) in [6.45, 7) is 4.35. The molecule has 0 unspecified atom stereocenters. The van der Waals surface area contributed by atoms with E-state index in [0.29, 0.717) is 17.9 Å². The van der Waals surface area contributed by atoms with Gasteiger partial charge in [-0.3, -0.25) is 9.88 Å². The third kappa shape index (κ3) is 6.18. The van der Waals surface area contributed by atoms with Gasteiger partial charge in [0.25, 0.3) is 0 Å². The highest BCUT2D eigenvalue weighted by atomic mass is 19.4. The molecule has 1 saturated heterocycles. The highest BCUT2D eigenvalue weighted by Gasteiger charge is 2.35. The third-order valence-corrected chi connectivity index (χ3v) is 7.54. The number of piperidine rings is 1. The largest absolute Gasteiger partial charge is 0.492 e. The maximum Gasteiger partial charge on any atom is 0.416 e. The van der Waals surface area contributed by atoms with Crippen LogP contribution < -0.4 is 10.1 Å². The van der Waals surface area contributed by atoms with Gasteiger partial charge in [0, 0.05) is 40.5 Å². The first-order chi connectivity index (χ1) is 18.8. The Labute approximate surface area is 226 Å². The second kappa shape index (κ2) is 11.2. The first-order valence-electron chi connectivity index (χ1n) is 13.1. The number of pyridine rings is 1. The molecule has 0 saturated carbocycles. The van der Waals surface area contributed by atoms with Crippen molar-refractivity contribution in [3.05, 3.63) is 95.7 Å². The molecule has 0 aliphatic carbocycles. The van der Waals surface area contributed by atoms with Crippen LogP contribution >= 0.6 is 0 Å². The quantitative estimate of drug-likeness (QED) is 0.263. The molecular formula is C31H32F3N3O2. The molecule has 1 aromatic heterocycles. The van der Waals surface area contributed by atoms with Crippen molar-refractivity contribution >= 4 is 22.3 Å². The fourth-order valence-electron chi connectivity index (χ4n) is 5.31. The van der Waals surface area contributed by atoms with E-state index in [9.17, 15) is 18.3 Å². The summed E-state index contributed by atoms with van der Waals surface area (Å²) in [5.41, 5.74) is 2.62. The number of likely N-dealkylation sites (tertiary alicyclic amines) is 1. The van der Waals surface area contributed by atoms with Crippen molar-refractivity contribution in [3.8, 4) is 5.75 Å². The average Bonchev–Trinajstić information content (AvgIpc) is 2.93. The Morgan fingerprint density at radius 2 is 1.69 bits per heavy atom. The van der Waals surface area contributed by atoms with Gasteiger partial charge in [-0.05, 0) is 62.7 Å². The van der Waals surface area contributed by atoms with Gasteiger partial charge < -0.3 is 15.2 Å². The van der Waals surface area contributed by atoms with Crippen molar-refractivity contribution in [1.82, 2.24) is 9.88 Å². The van der Waals surface area contributed by atoms with E-state index >= 15 is 0 Å². The lowest BCUT2D eigenvalue weighted by molar-refractivity contribution is -0.137. The molecule has 5 nitrogen and oxygen atoms in total. The van der Waals surface area contributed by atoms with Crippen LogP contribution in [0.4, 0.5) is 24.5 Å². The monoisotopic (exact) mass is 535 g/mol. The van der Waals surface area contributed by atoms with Crippen LogP contribution in [0.3, 0.4) is 0 Å². The lowest BCUT2D eigenvalue weighted by Crippen LogP contribution is -2.45. The lowest BCUT2D eigenvalue weighted by Gasteiger charge is -2.41. The summed E-state index contributed by atoms with van der Waals surface area (Å²) in [4.78, 5) is 6.74. The van der Waals surface area contributed by atoms with Gasteiger partial charge in [0.2, 0.25) is 0 Å². The Kier molecular flexibility index (Phi) is 7.77. The number of para-hydroxylation sites is 1. The number of hydrogen-bond acceptors (Lipinski definition) is 5. The van der Waals surface area contributed by atoms with Crippen LogP contribution in [0, 0.1) is 6.92 Å². The van der Waals surface area contributed by atoms with E-state index in [4.69, 9.17) is 4.74 Å². The van der Waals surface area contributed by atoms with Crippen LogP contribution in [0.2, 0.25) is 0 Å². The van der Waals surface area contributed by atoms with Gasteiger partial charge in [-0.1, -0.05) is 48.5 Å². The van der Waals surface area contributed by atoms with Gasteiger partial charge >= 0.3 is 6.18 Å². The molecule has 0 amide bonds. The van der Waals surface area contributed by atoms with Crippen LogP contribution in [0.1, 0.15) is 29.7 Å². The lowest BCUT2D eigenvalue weighted by atomic mass is 9.73. The standard InChI is InChI=1S/C31H32F3N3O2/c1-22-17-29(27-9-5-6-10-28(27)35-22)36-25-18-24(31(32,33)34)19-26(20-25)39-16-15-37-13-11-30(21-38,12-14-37)23-7-3-2-4-8-23/h2-10,17-20,38H,11-16,21H2,1H3,(H,35,36). The van der Waals surface area contributed by atoms with Gasteiger partial charge in [-0.15, -0.1) is 0 Å². The topological polar surface area (TPSA) is 57.6 Å². The van der Waals surface area contributed by atoms with Gasteiger partial charge in [0.1, 0.15) is 12.4 Å². The van der Waals surface area contributed by atoms with Crippen LogP contribution in [0.15, 0.2) is 78.9 Å². The molecule has 0 radical (unpaired) electrons. The summed E-state index contributed by atoms with van der Waals surface area (Å²) in [6.07, 6.45) is -2.89. The van der Waals surface area contributed by atoms with Crippen molar-refractivity contribution in [2.45, 2.75) is 31.4 Å². The third-order valence-electron chi connectivity index (χ3n) is 7.54. The number of nitrogens with one attached hydrogen (secondary N) is 1. The summed E-state index contributed by atoms with van der Waals surface area (Å²) < 4.78 is 47.1. The van der Waals surface area contributed by atoms with Crippen molar-refractivity contribution in [3.63, 3.8) is 0 Å². The number of ether oxygens (including phenoxy) is 1. The number of benzene rings is 3. The maximum absolute atomic E-state index is 13.7. The molecular weight excluding hydrogens is 503 g/mol. The molecule has 0 atom stereocenters. The van der Waals surface area contributed by atoms with Crippen molar-refractivity contribution in [1.29, 1.82) is 0 Å². The number of hydrogen-bond donors (Lipinski definition) is 2. The van der Waals surface area contributed by atoms with E-state index in [-0.39, 0.29) is 24.4 Å². The Morgan fingerprint density at radius 1 is 0.974 bits per heavy atom. The number of aromatic nitrogens is 1. The number of nitrogens with zero attached hydrogens (tertiary/aromatic N) is 2. The molecule has 5 rings (SSSR count). The summed E-state index contributed by atoms with van der Waals surface area (Å²) in [7, 11) is 0. The SMILES string of the molecule is Cc1cc(Nc2cc(OCCN3CCC(CO)(c4ccccc4)CC3)cc(C(F)(F)F)c2)c2ccccc2n1. The zero-order chi connectivity index (χ0) is 27.5. The molecule has 3 aromatic carbocycles. The molecule has 39 heavy (non-hydrogen) atoms. The number of halogens is 3. The highest BCUT2D eigenvalue weighted by Crippen LogP contribution is 2.37. The second-order valence-corrected chi connectivity index (χ2v) is 10.2. The number of aliphatic hydroxyl groups excluding tert-OH is 1. The van der Waals surface area contributed by atoms with Gasteiger partial charge in [-0.25, -0.2) is 0 Å². The van der Waals surface area contributed by atoms with E-state index < -0.39 is 11.7 Å². The molecule has 0 bridgehead atoms. The van der Waals surface area contributed by atoms with Crippen LogP contribution in [-0.2, 0) is 11.6 Å². The predicted octanol–water partition coefficient (Wildman–Crippen LogP) is 6.71. The van der Waals surface area contributed by atoms with Crippen molar-refractivity contribution in [2.75, 3.05) is 38.2 Å². The molecule has 204 valence electrons. The minimum Gasteiger partial charge on any atom is -0.492 e. The van der Waals surface area contributed by atoms with E-state index in [1.165, 1.54) is 0 Å². The Balaban J connectivity index is 1.27. The van der Waals surface area contributed by atoms with Crippen LogP contribution in [-0.4, -0.2) is 47.8 Å². The minimum absolute atomic E-state index is 0.0909. The second-order valence-electron chi connectivity index (χ2n) is 10.2. The number of alkyl halides is 3. The molecule has 1 fully saturated rings. The Hall–Kier alpha value is -3.62. The first-order valence-corrected chi connectivity index (χ1v) is 13.1. The fourth-order valence-corrected chi connectivity index (χ4v) is 5.31. The van der Waals surface area contributed by atoms with E-state index in [2.05, 4.69) is 27.3 Å². The zero-order valence-electron chi connectivity index (χ0n) is 21.8. The van der Waals surface area contributed by atoms with Crippen molar-refractivity contribution in [2.24, 2.45) is 0 Å². The normalized spacial score (nSPS) is 15.8. The molecule has 2 N–H and O–H groups in total. The van der Waals surface area contributed by atoms with Gasteiger partial charge in [-0.2, -0.15) is 13.2 Å². The number of anilines is 2. The van der Waals surface area contributed by atoms with Crippen molar-refractivity contribution < 1.29 is 23.0 Å². The molecule has 1 aliphatic heterocycles. The number of aryl methyl sites for hydroxylation is 1. The molecule has 2 heterocycles. The number of aliphatic hydroxyl groups is 1. The average molecular weight is 536 g/mol. The number of rotatable bonds is 8. The first kappa shape index (κ1) is 27.0. The highest BCUT2D eigenvalue weighted by molar-refractivity contribution is 5.93. The van der Waals surface area contributed by atoms with Crippen LogP contribution in [0.5, 0.6) is 5.75 Å². The summed E-state index contributed by atoms with van der Waals surface area (Å²) in [6, 6.07) is 23.1. The smallest absolute Gasteiger partial charge is 0.416 e. The van der Waals surface area contributed by atoms with E-state index in [1.54, 1.807) is 6.07 Å². The maximum atomic E-state index is 13.7. The fraction of sp³-hybridized carbons (Fsp3) is 0.323. The Bertz CT molecular complexity index is 1420. The molecule has 1 aliphatic rings. The minimum atomic E-state index is -4.51. The predicted molar refractivity (Wildman–Crippen MR) is 148 cm³/mol. The zero-order valence-corrected chi connectivity index (χ0v) is 21.8. The summed E-state index contributed by atoms with van der Waals surface area (Å²) in [5.74, 6) is 0.161. The van der Waals surface area contributed by atoms with E-state index in [1.807, 2.05) is 55.5 Å². The summed E-state index contributed by atoms with van der Waals surface area (Å²) >= 11 is 0. The Morgan fingerprint density at radius 3 is 2.41 bits per heavy atom. The molecule has 8 heteroatoms. The van der Waals surface area contributed by atoms with Gasteiger partial charge in [0.05, 0.1) is 17.7 Å². The molecule has 4 aromatic rings. The summed E-state index contributed by atoms with van der Waals surface area (Å²) in [5, 5.41) is 14.1. The van der Waals surface area contributed by atoms with Gasteiger partial charge in [0.15, 0.2) is 0 Å². The molecule has 0 spiro atoms. The van der Waals surface area contributed by atoms with E-state index in [0.717, 1.165) is 60.2 Å². The number of fused-ring (bicyclic) bond motifs is 1.